The molecule has 0 spiro atoms. The van der Waals surface area contributed by atoms with Crippen LogP contribution in [-0.2, 0) is 0 Å². The van der Waals surface area contributed by atoms with Gasteiger partial charge in [0.05, 0.1) is 5.69 Å². The van der Waals surface area contributed by atoms with Crippen molar-refractivity contribution in [1.29, 1.82) is 0 Å². The predicted octanol–water partition coefficient (Wildman–Crippen LogP) is 4.79. The van der Waals surface area contributed by atoms with E-state index in [0.717, 1.165) is 16.5 Å². The van der Waals surface area contributed by atoms with Crippen LogP contribution in [0.15, 0.2) is 34.9 Å². The van der Waals surface area contributed by atoms with Crippen molar-refractivity contribution in [3.8, 4) is 0 Å². The molecule has 2 aromatic rings. The minimum absolute atomic E-state index is 0. The summed E-state index contributed by atoms with van der Waals surface area (Å²) in [6, 6.07) is 11.7. The van der Waals surface area contributed by atoms with Gasteiger partial charge >= 0.3 is 0 Å². The number of nitrogens with zero attached hydrogens (tertiary/aromatic N) is 2. The van der Waals surface area contributed by atoms with E-state index in [-0.39, 0.29) is 12.4 Å². The number of piperidine rings is 1. The van der Waals surface area contributed by atoms with Crippen LogP contribution in [0.25, 0.3) is 0 Å². The molecule has 4 rings (SSSR count). The van der Waals surface area contributed by atoms with E-state index in [9.17, 15) is 0 Å². The van der Waals surface area contributed by atoms with Crippen molar-refractivity contribution in [2.24, 2.45) is 0 Å². The van der Waals surface area contributed by atoms with Gasteiger partial charge in [-0.2, -0.15) is 0 Å². The van der Waals surface area contributed by atoms with E-state index in [1.54, 1.807) is 0 Å². The van der Waals surface area contributed by atoms with Gasteiger partial charge < -0.3 is 4.52 Å². The highest BCUT2D eigenvalue weighted by molar-refractivity contribution is 6.30. The van der Waals surface area contributed by atoms with Gasteiger partial charge in [-0.15, -0.1) is 12.4 Å². The van der Waals surface area contributed by atoms with Gasteiger partial charge in [0.15, 0.2) is 0 Å². The Bertz CT molecular complexity index is 670. The molecule has 2 aliphatic heterocycles. The lowest BCUT2D eigenvalue weighted by Crippen LogP contribution is -2.44. The lowest BCUT2D eigenvalue weighted by molar-refractivity contribution is 0.122. The molecular formula is C18H22Cl2N2O. The Hall–Kier alpha value is -1.03. The molecule has 2 fully saturated rings. The van der Waals surface area contributed by atoms with Gasteiger partial charge in [0.25, 0.3) is 0 Å². The zero-order chi connectivity index (χ0) is 15.3. The largest absolute Gasteiger partial charge is 0.361 e. The number of rotatable bonds is 2. The van der Waals surface area contributed by atoms with E-state index in [1.807, 2.05) is 19.1 Å². The van der Waals surface area contributed by atoms with E-state index >= 15 is 0 Å². The highest BCUT2D eigenvalue weighted by Crippen LogP contribution is 2.50. The summed E-state index contributed by atoms with van der Waals surface area (Å²) in [5.74, 6) is 1.90. The SMILES string of the molecule is Cc1cc([C@H]2C(c3ccc(Cl)cc3)CC3CCC2N3C)on1.Cl. The first-order valence-corrected chi connectivity index (χ1v) is 8.42. The van der Waals surface area contributed by atoms with Crippen LogP contribution in [-0.4, -0.2) is 29.2 Å². The first-order chi connectivity index (χ1) is 10.6. The van der Waals surface area contributed by atoms with Crippen molar-refractivity contribution in [3.05, 3.63) is 52.4 Å². The molecular weight excluding hydrogens is 331 g/mol. The van der Waals surface area contributed by atoms with Gasteiger partial charge in [0.2, 0.25) is 0 Å². The van der Waals surface area contributed by atoms with Crippen LogP contribution in [0.1, 0.15) is 48.1 Å². The fourth-order valence-electron chi connectivity index (χ4n) is 4.45. The summed E-state index contributed by atoms with van der Waals surface area (Å²) in [6.07, 6.45) is 3.71. The van der Waals surface area contributed by atoms with Crippen LogP contribution < -0.4 is 0 Å². The molecule has 4 atom stereocenters. The first-order valence-electron chi connectivity index (χ1n) is 8.04. The smallest absolute Gasteiger partial charge is 0.142 e. The maximum atomic E-state index is 6.06. The Kier molecular flexibility index (Phi) is 4.73. The maximum absolute atomic E-state index is 6.06. The van der Waals surface area contributed by atoms with E-state index in [2.05, 4.69) is 35.3 Å². The zero-order valence-electron chi connectivity index (χ0n) is 13.4. The number of benzene rings is 1. The van der Waals surface area contributed by atoms with Crippen LogP contribution >= 0.6 is 24.0 Å². The van der Waals surface area contributed by atoms with Gasteiger partial charge in [-0.25, -0.2) is 0 Å². The second-order valence-electron chi connectivity index (χ2n) is 6.75. The Labute approximate surface area is 148 Å². The average molecular weight is 353 g/mol. The van der Waals surface area contributed by atoms with Crippen LogP contribution in [0.5, 0.6) is 0 Å². The van der Waals surface area contributed by atoms with Gasteiger partial charge in [0.1, 0.15) is 5.76 Å². The standard InChI is InChI=1S/C18H21ClN2O.ClH/c1-11-9-17(22-20-11)18-15(12-3-5-13(19)6-4-12)10-14-7-8-16(18)21(14)2;/h3-6,9,14-16,18H,7-8,10H2,1-2H3;1H/t14?,15?,16?,18-;/m0./s1. The van der Waals surface area contributed by atoms with E-state index in [1.165, 1.54) is 24.8 Å². The second-order valence-corrected chi connectivity index (χ2v) is 7.19. The maximum Gasteiger partial charge on any atom is 0.142 e. The number of hydrogen-bond acceptors (Lipinski definition) is 3. The number of fused-ring (bicyclic) bond motifs is 2. The highest BCUT2D eigenvalue weighted by Gasteiger charge is 2.47. The van der Waals surface area contributed by atoms with E-state index in [0.29, 0.717) is 23.9 Å². The normalized spacial score (nSPS) is 30.2. The lowest BCUT2D eigenvalue weighted by Gasteiger charge is -2.42. The molecule has 3 nitrogen and oxygen atoms in total. The van der Waals surface area contributed by atoms with Crippen LogP contribution in [0.4, 0.5) is 0 Å². The average Bonchev–Trinajstić information content (AvgIpc) is 3.02. The third-order valence-electron chi connectivity index (χ3n) is 5.54. The molecule has 0 amide bonds. The topological polar surface area (TPSA) is 29.3 Å². The number of halogens is 2. The molecule has 2 saturated heterocycles. The van der Waals surface area contributed by atoms with Crippen LogP contribution in [0.3, 0.4) is 0 Å². The van der Waals surface area contributed by atoms with E-state index < -0.39 is 0 Å². The molecule has 2 bridgehead atoms. The summed E-state index contributed by atoms with van der Waals surface area (Å²) in [5.41, 5.74) is 2.33. The Morgan fingerprint density at radius 1 is 1.22 bits per heavy atom. The third-order valence-corrected chi connectivity index (χ3v) is 5.79. The van der Waals surface area contributed by atoms with Crippen molar-refractivity contribution in [2.45, 2.75) is 50.1 Å². The van der Waals surface area contributed by atoms with Crippen LogP contribution in [0.2, 0.25) is 5.02 Å². The van der Waals surface area contributed by atoms with Crippen molar-refractivity contribution >= 4 is 24.0 Å². The fraction of sp³-hybridized carbons (Fsp3) is 0.500. The summed E-state index contributed by atoms with van der Waals surface area (Å²) in [7, 11) is 2.26. The van der Waals surface area contributed by atoms with Crippen molar-refractivity contribution in [3.63, 3.8) is 0 Å². The molecule has 0 saturated carbocycles. The molecule has 0 aliphatic carbocycles. The molecule has 3 unspecified atom stereocenters. The predicted molar refractivity (Wildman–Crippen MR) is 94.6 cm³/mol. The van der Waals surface area contributed by atoms with Gasteiger partial charge in [-0.3, -0.25) is 4.90 Å². The van der Waals surface area contributed by atoms with Crippen molar-refractivity contribution < 1.29 is 4.52 Å². The Balaban J connectivity index is 0.00000156. The Morgan fingerprint density at radius 2 is 1.96 bits per heavy atom. The summed E-state index contributed by atoms with van der Waals surface area (Å²) in [4.78, 5) is 2.55. The summed E-state index contributed by atoms with van der Waals surface area (Å²) in [5, 5.41) is 4.92. The minimum Gasteiger partial charge on any atom is -0.361 e. The fourth-order valence-corrected chi connectivity index (χ4v) is 4.57. The number of aromatic nitrogens is 1. The monoisotopic (exact) mass is 352 g/mol. The van der Waals surface area contributed by atoms with Crippen molar-refractivity contribution in [1.82, 2.24) is 10.1 Å². The zero-order valence-corrected chi connectivity index (χ0v) is 15.0. The van der Waals surface area contributed by atoms with E-state index in [4.69, 9.17) is 16.1 Å². The van der Waals surface area contributed by atoms with Gasteiger partial charge in [-0.1, -0.05) is 28.9 Å². The molecule has 0 N–H and O–H groups in total. The second kappa shape index (κ2) is 6.46. The molecule has 23 heavy (non-hydrogen) atoms. The lowest BCUT2D eigenvalue weighted by atomic mass is 9.75. The first kappa shape index (κ1) is 16.8. The molecule has 1 aromatic heterocycles. The number of likely N-dealkylation sites (N-methyl/N-ethyl adjacent to an activating group) is 1. The summed E-state index contributed by atoms with van der Waals surface area (Å²) in [6.45, 7) is 1.99. The van der Waals surface area contributed by atoms with Crippen LogP contribution in [0, 0.1) is 6.92 Å². The molecule has 5 heteroatoms. The van der Waals surface area contributed by atoms with Crippen molar-refractivity contribution in [2.75, 3.05) is 7.05 Å². The molecule has 3 heterocycles. The molecule has 124 valence electrons. The number of hydrogen-bond donors (Lipinski definition) is 0. The number of aryl methyl sites for hydroxylation is 1. The quantitative estimate of drug-likeness (QED) is 0.777. The molecule has 2 aliphatic rings. The minimum atomic E-state index is 0. The molecule has 0 radical (unpaired) electrons. The Morgan fingerprint density at radius 3 is 2.61 bits per heavy atom. The molecule has 1 aromatic carbocycles. The summed E-state index contributed by atoms with van der Waals surface area (Å²) >= 11 is 6.06. The van der Waals surface area contributed by atoms with Gasteiger partial charge in [0, 0.05) is 29.1 Å². The third kappa shape index (κ3) is 2.90. The van der Waals surface area contributed by atoms with Gasteiger partial charge in [-0.05, 0) is 56.8 Å². The summed E-state index contributed by atoms with van der Waals surface area (Å²) < 4.78 is 5.68. The highest BCUT2D eigenvalue weighted by atomic mass is 35.5.